The Kier molecular flexibility index (Phi) is 8.00. The van der Waals surface area contributed by atoms with Gasteiger partial charge in [-0.05, 0) is 56.7 Å². The fraction of sp³-hybridized carbons (Fsp3) is 0.409. The molecule has 0 fully saturated rings. The molecule has 0 unspecified atom stereocenters. The molecule has 1 amide bonds. The van der Waals surface area contributed by atoms with Crippen LogP contribution in [-0.4, -0.2) is 18.6 Å². The number of hydrogen-bond acceptors (Lipinski definition) is 3. The summed E-state index contributed by atoms with van der Waals surface area (Å²) in [5, 5.41) is 2.87. The summed E-state index contributed by atoms with van der Waals surface area (Å²) in [4.78, 5) is 12.3. The lowest BCUT2D eigenvalue weighted by Crippen LogP contribution is -2.30. The summed E-state index contributed by atoms with van der Waals surface area (Å²) >= 11 is 0. The average molecular weight is 355 g/mol. The standard InChI is InChI=1S/C22H29NO3/c1-4-5-6-7-16-25-20-14-10-19(11-15-20)23-22(24)18(3)26-21-12-8-17(2)9-13-21/h8-15,18H,4-7,16H2,1-3H3,(H,23,24)/t18-/m0/s1. The van der Waals surface area contributed by atoms with Crippen LogP contribution in [0.4, 0.5) is 5.69 Å². The zero-order chi connectivity index (χ0) is 18.8. The molecule has 0 radical (unpaired) electrons. The third-order valence-electron chi connectivity index (χ3n) is 4.09. The molecule has 0 aliphatic rings. The summed E-state index contributed by atoms with van der Waals surface area (Å²) in [5.41, 5.74) is 1.88. The van der Waals surface area contributed by atoms with Crippen LogP contribution >= 0.6 is 0 Å². The van der Waals surface area contributed by atoms with E-state index in [9.17, 15) is 4.79 Å². The predicted molar refractivity (Wildman–Crippen MR) is 106 cm³/mol. The highest BCUT2D eigenvalue weighted by molar-refractivity contribution is 5.94. The highest BCUT2D eigenvalue weighted by Crippen LogP contribution is 2.18. The van der Waals surface area contributed by atoms with E-state index < -0.39 is 6.10 Å². The van der Waals surface area contributed by atoms with Crippen molar-refractivity contribution in [1.29, 1.82) is 0 Å². The summed E-state index contributed by atoms with van der Waals surface area (Å²) in [5.74, 6) is 1.33. The van der Waals surface area contributed by atoms with Crippen LogP contribution in [0.2, 0.25) is 0 Å². The van der Waals surface area contributed by atoms with Gasteiger partial charge in [-0.1, -0.05) is 43.9 Å². The lowest BCUT2D eigenvalue weighted by atomic mass is 10.2. The summed E-state index contributed by atoms with van der Waals surface area (Å²) in [7, 11) is 0. The molecular weight excluding hydrogens is 326 g/mol. The zero-order valence-electron chi connectivity index (χ0n) is 16.0. The third kappa shape index (κ3) is 6.79. The van der Waals surface area contributed by atoms with Gasteiger partial charge >= 0.3 is 0 Å². The van der Waals surface area contributed by atoms with Gasteiger partial charge in [0.25, 0.3) is 5.91 Å². The topological polar surface area (TPSA) is 47.6 Å². The molecule has 140 valence electrons. The minimum atomic E-state index is -0.577. The minimum Gasteiger partial charge on any atom is -0.494 e. The van der Waals surface area contributed by atoms with Crippen LogP contribution in [0, 0.1) is 6.92 Å². The van der Waals surface area contributed by atoms with Crippen LogP contribution < -0.4 is 14.8 Å². The maximum absolute atomic E-state index is 12.3. The van der Waals surface area contributed by atoms with E-state index >= 15 is 0 Å². The first-order valence-corrected chi connectivity index (χ1v) is 9.35. The van der Waals surface area contributed by atoms with Gasteiger partial charge in [-0.25, -0.2) is 0 Å². The van der Waals surface area contributed by atoms with Crippen LogP contribution in [0.3, 0.4) is 0 Å². The average Bonchev–Trinajstić information content (AvgIpc) is 2.64. The Balaban J connectivity index is 1.78. The molecule has 0 heterocycles. The lowest BCUT2D eigenvalue weighted by Gasteiger charge is -2.15. The molecule has 0 aliphatic heterocycles. The Morgan fingerprint density at radius 3 is 2.27 bits per heavy atom. The predicted octanol–water partition coefficient (Wildman–Crippen LogP) is 5.36. The van der Waals surface area contributed by atoms with Crippen molar-refractivity contribution in [2.45, 2.75) is 52.6 Å². The van der Waals surface area contributed by atoms with Gasteiger partial charge < -0.3 is 14.8 Å². The van der Waals surface area contributed by atoms with Crippen LogP contribution in [0.1, 0.15) is 45.1 Å². The smallest absolute Gasteiger partial charge is 0.265 e. The second-order valence-corrected chi connectivity index (χ2v) is 6.50. The number of ether oxygens (including phenoxy) is 2. The molecule has 0 saturated carbocycles. The van der Waals surface area contributed by atoms with E-state index in [-0.39, 0.29) is 5.91 Å². The number of rotatable bonds is 10. The third-order valence-corrected chi connectivity index (χ3v) is 4.09. The number of benzene rings is 2. The number of unbranched alkanes of at least 4 members (excludes halogenated alkanes) is 3. The van der Waals surface area contributed by atoms with Gasteiger partial charge in [0.15, 0.2) is 6.10 Å². The lowest BCUT2D eigenvalue weighted by molar-refractivity contribution is -0.122. The number of amides is 1. The number of anilines is 1. The molecule has 1 N–H and O–H groups in total. The van der Waals surface area contributed by atoms with Crippen molar-refractivity contribution in [3.63, 3.8) is 0 Å². The van der Waals surface area contributed by atoms with E-state index in [1.807, 2.05) is 55.5 Å². The van der Waals surface area contributed by atoms with Crippen LogP contribution in [0.15, 0.2) is 48.5 Å². The van der Waals surface area contributed by atoms with E-state index in [1.54, 1.807) is 6.92 Å². The highest BCUT2D eigenvalue weighted by atomic mass is 16.5. The number of aryl methyl sites for hydroxylation is 1. The van der Waals surface area contributed by atoms with Crippen molar-refractivity contribution >= 4 is 11.6 Å². The van der Waals surface area contributed by atoms with E-state index in [1.165, 1.54) is 19.3 Å². The van der Waals surface area contributed by atoms with Gasteiger partial charge in [0, 0.05) is 5.69 Å². The van der Waals surface area contributed by atoms with Crippen molar-refractivity contribution in [2.75, 3.05) is 11.9 Å². The molecule has 1 atom stereocenters. The molecule has 0 aromatic heterocycles. The summed E-state index contributed by atoms with van der Waals surface area (Å²) in [6.07, 6.45) is 4.16. The van der Waals surface area contributed by atoms with Gasteiger partial charge in [0.05, 0.1) is 6.61 Å². The summed E-state index contributed by atoms with van der Waals surface area (Å²) < 4.78 is 11.4. The van der Waals surface area contributed by atoms with Crippen molar-refractivity contribution in [3.8, 4) is 11.5 Å². The van der Waals surface area contributed by atoms with E-state index in [0.717, 1.165) is 30.0 Å². The van der Waals surface area contributed by atoms with Gasteiger partial charge in [-0.3, -0.25) is 4.79 Å². The zero-order valence-corrected chi connectivity index (χ0v) is 16.0. The molecule has 0 bridgehead atoms. The van der Waals surface area contributed by atoms with E-state index in [0.29, 0.717) is 5.75 Å². The Morgan fingerprint density at radius 2 is 1.62 bits per heavy atom. The molecule has 26 heavy (non-hydrogen) atoms. The molecule has 2 aromatic carbocycles. The van der Waals surface area contributed by atoms with Crippen LogP contribution in [0.25, 0.3) is 0 Å². The second kappa shape index (κ2) is 10.5. The number of carbonyl (C=O) groups excluding carboxylic acids is 1. The molecule has 4 nitrogen and oxygen atoms in total. The van der Waals surface area contributed by atoms with E-state index in [2.05, 4.69) is 12.2 Å². The summed E-state index contributed by atoms with van der Waals surface area (Å²) in [6, 6.07) is 15.1. The monoisotopic (exact) mass is 355 g/mol. The fourth-order valence-corrected chi connectivity index (χ4v) is 2.47. The highest BCUT2D eigenvalue weighted by Gasteiger charge is 2.14. The van der Waals surface area contributed by atoms with Crippen LogP contribution in [0.5, 0.6) is 11.5 Å². The van der Waals surface area contributed by atoms with Gasteiger partial charge in [-0.15, -0.1) is 0 Å². The van der Waals surface area contributed by atoms with E-state index in [4.69, 9.17) is 9.47 Å². The van der Waals surface area contributed by atoms with Crippen molar-refractivity contribution in [3.05, 3.63) is 54.1 Å². The Labute approximate surface area is 156 Å². The fourth-order valence-electron chi connectivity index (χ4n) is 2.47. The number of carbonyl (C=O) groups is 1. The maximum atomic E-state index is 12.3. The van der Waals surface area contributed by atoms with Gasteiger partial charge in [0.2, 0.25) is 0 Å². The quantitative estimate of drug-likeness (QED) is 0.584. The first-order chi connectivity index (χ1) is 12.6. The Hall–Kier alpha value is -2.49. The first-order valence-electron chi connectivity index (χ1n) is 9.35. The second-order valence-electron chi connectivity index (χ2n) is 6.50. The molecule has 4 heteroatoms. The molecule has 0 saturated heterocycles. The molecule has 2 aromatic rings. The molecule has 0 spiro atoms. The largest absolute Gasteiger partial charge is 0.494 e. The summed E-state index contributed by atoms with van der Waals surface area (Å²) in [6.45, 7) is 6.68. The Bertz CT molecular complexity index is 665. The maximum Gasteiger partial charge on any atom is 0.265 e. The molecule has 2 rings (SSSR count). The molecular formula is C22H29NO3. The SMILES string of the molecule is CCCCCCOc1ccc(NC(=O)[C@H](C)Oc2ccc(C)cc2)cc1. The van der Waals surface area contributed by atoms with Crippen LogP contribution in [-0.2, 0) is 4.79 Å². The molecule has 0 aliphatic carbocycles. The van der Waals surface area contributed by atoms with Crippen molar-refractivity contribution in [2.24, 2.45) is 0 Å². The Morgan fingerprint density at radius 1 is 0.962 bits per heavy atom. The normalized spacial score (nSPS) is 11.7. The number of nitrogens with one attached hydrogen (secondary N) is 1. The van der Waals surface area contributed by atoms with Gasteiger partial charge in [-0.2, -0.15) is 0 Å². The van der Waals surface area contributed by atoms with Crippen molar-refractivity contribution < 1.29 is 14.3 Å². The number of hydrogen-bond donors (Lipinski definition) is 1. The van der Waals surface area contributed by atoms with Crippen molar-refractivity contribution in [1.82, 2.24) is 0 Å². The minimum absolute atomic E-state index is 0.182. The van der Waals surface area contributed by atoms with Gasteiger partial charge in [0.1, 0.15) is 11.5 Å². The first kappa shape index (κ1) is 19.8.